The van der Waals surface area contributed by atoms with Gasteiger partial charge in [-0.15, -0.1) is 0 Å². The average Bonchev–Trinajstić information content (AvgIpc) is 2.89. The van der Waals surface area contributed by atoms with E-state index in [0.29, 0.717) is 12.3 Å². The van der Waals surface area contributed by atoms with Crippen molar-refractivity contribution in [2.75, 3.05) is 14.2 Å². The number of rotatable bonds is 6. The summed E-state index contributed by atoms with van der Waals surface area (Å²) in [6, 6.07) is -0.966. The molecule has 19 heavy (non-hydrogen) atoms. The molecule has 1 rings (SSSR count). The zero-order valence-electron chi connectivity index (χ0n) is 11.4. The van der Waals surface area contributed by atoms with Gasteiger partial charge in [0.2, 0.25) is 5.91 Å². The predicted octanol–water partition coefficient (Wildman–Crippen LogP) is 0.788. The lowest BCUT2D eigenvalue weighted by atomic mass is 10.0. The summed E-state index contributed by atoms with van der Waals surface area (Å²) in [5.74, 6) is -1.02. The van der Waals surface area contributed by atoms with Gasteiger partial charge in [-0.2, -0.15) is 0 Å². The highest BCUT2D eigenvalue weighted by molar-refractivity contribution is 5.88. The maximum Gasteiger partial charge on any atom is 0.328 e. The first-order valence-corrected chi connectivity index (χ1v) is 6.50. The Morgan fingerprint density at radius 1 is 1.16 bits per heavy atom. The Hall–Kier alpha value is -1.59. The quantitative estimate of drug-likeness (QED) is 0.722. The molecular weight excluding hydrogens is 250 g/mol. The summed E-state index contributed by atoms with van der Waals surface area (Å²) >= 11 is 0. The van der Waals surface area contributed by atoms with Crippen LogP contribution in [0.2, 0.25) is 0 Å². The molecule has 0 spiro atoms. The Kier molecular flexibility index (Phi) is 6.32. The number of methoxy groups -OCH3 is 2. The normalized spacial score (nSPS) is 16.7. The lowest BCUT2D eigenvalue weighted by molar-refractivity contribution is -0.150. The Morgan fingerprint density at radius 3 is 2.32 bits per heavy atom. The van der Waals surface area contributed by atoms with Crippen LogP contribution in [-0.4, -0.2) is 38.1 Å². The third-order valence-electron chi connectivity index (χ3n) is 3.37. The van der Waals surface area contributed by atoms with Crippen molar-refractivity contribution in [1.82, 2.24) is 5.32 Å². The molecule has 0 saturated heterocycles. The zero-order chi connectivity index (χ0) is 14.3. The van der Waals surface area contributed by atoms with Gasteiger partial charge >= 0.3 is 11.9 Å². The molecule has 0 bridgehead atoms. The van der Waals surface area contributed by atoms with E-state index in [1.54, 1.807) is 0 Å². The van der Waals surface area contributed by atoms with Crippen molar-refractivity contribution in [2.24, 2.45) is 5.92 Å². The maximum atomic E-state index is 11.8. The Balaban J connectivity index is 2.47. The van der Waals surface area contributed by atoms with Crippen molar-refractivity contribution in [3.8, 4) is 0 Å². The molecular formula is C13H21NO5. The first-order chi connectivity index (χ1) is 9.06. The van der Waals surface area contributed by atoms with Crippen LogP contribution in [-0.2, 0) is 23.9 Å². The number of carbonyl (C=O) groups excluding carboxylic acids is 3. The summed E-state index contributed by atoms with van der Waals surface area (Å²) in [5.41, 5.74) is 0. The second kappa shape index (κ2) is 7.76. The molecule has 1 aliphatic carbocycles. The zero-order valence-corrected chi connectivity index (χ0v) is 11.4. The summed E-state index contributed by atoms with van der Waals surface area (Å²) in [6.45, 7) is 0. The number of ether oxygens (including phenoxy) is 2. The monoisotopic (exact) mass is 271 g/mol. The molecule has 1 N–H and O–H groups in total. The van der Waals surface area contributed by atoms with Gasteiger partial charge in [0.15, 0.2) is 0 Å². The molecule has 1 saturated carbocycles. The van der Waals surface area contributed by atoms with Crippen LogP contribution >= 0.6 is 0 Å². The number of amides is 1. The van der Waals surface area contributed by atoms with Gasteiger partial charge in [0.05, 0.1) is 20.6 Å². The van der Waals surface area contributed by atoms with Crippen LogP contribution in [0.4, 0.5) is 0 Å². The second-order valence-corrected chi connectivity index (χ2v) is 4.78. The van der Waals surface area contributed by atoms with E-state index in [9.17, 15) is 14.4 Å². The standard InChI is InChI=1S/C13H21NO5/c1-18-12(16)8-10(13(17)19-2)14-11(15)7-9-5-3-4-6-9/h9-10H,3-8H2,1-2H3,(H,14,15)/t10-/m0/s1. The fraction of sp³-hybridized carbons (Fsp3) is 0.769. The summed E-state index contributed by atoms with van der Waals surface area (Å²) in [4.78, 5) is 34.5. The van der Waals surface area contributed by atoms with Crippen molar-refractivity contribution in [2.45, 2.75) is 44.6 Å². The van der Waals surface area contributed by atoms with Gasteiger partial charge in [0.1, 0.15) is 6.04 Å². The first-order valence-electron chi connectivity index (χ1n) is 6.50. The lowest BCUT2D eigenvalue weighted by Gasteiger charge is -2.16. The van der Waals surface area contributed by atoms with Crippen molar-refractivity contribution in [3.05, 3.63) is 0 Å². The third kappa shape index (κ3) is 5.28. The minimum atomic E-state index is -0.966. The van der Waals surface area contributed by atoms with Gasteiger partial charge in [0.25, 0.3) is 0 Å². The van der Waals surface area contributed by atoms with E-state index in [2.05, 4.69) is 14.8 Å². The van der Waals surface area contributed by atoms with Crippen LogP contribution in [0.5, 0.6) is 0 Å². The molecule has 1 aliphatic rings. The summed E-state index contributed by atoms with van der Waals surface area (Å²) < 4.78 is 9.06. The molecule has 1 fully saturated rings. The van der Waals surface area contributed by atoms with E-state index in [1.165, 1.54) is 14.2 Å². The van der Waals surface area contributed by atoms with Crippen LogP contribution < -0.4 is 5.32 Å². The van der Waals surface area contributed by atoms with E-state index in [-0.39, 0.29) is 12.3 Å². The molecule has 6 heteroatoms. The Morgan fingerprint density at radius 2 is 1.79 bits per heavy atom. The van der Waals surface area contributed by atoms with E-state index < -0.39 is 18.0 Å². The molecule has 0 aliphatic heterocycles. The van der Waals surface area contributed by atoms with E-state index in [0.717, 1.165) is 25.7 Å². The Labute approximate surface area is 112 Å². The third-order valence-corrected chi connectivity index (χ3v) is 3.37. The van der Waals surface area contributed by atoms with Gasteiger partial charge in [-0.1, -0.05) is 12.8 Å². The smallest absolute Gasteiger partial charge is 0.328 e. The SMILES string of the molecule is COC(=O)C[C@H](NC(=O)CC1CCCC1)C(=O)OC. The van der Waals surface area contributed by atoms with Crippen molar-refractivity contribution in [3.63, 3.8) is 0 Å². The van der Waals surface area contributed by atoms with Crippen molar-refractivity contribution in [1.29, 1.82) is 0 Å². The summed E-state index contributed by atoms with van der Waals surface area (Å²) in [6.07, 6.45) is 4.59. The average molecular weight is 271 g/mol. The number of esters is 2. The van der Waals surface area contributed by atoms with Crippen LogP contribution in [0.15, 0.2) is 0 Å². The lowest BCUT2D eigenvalue weighted by Crippen LogP contribution is -2.43. The highest BCUT2D eigenvalue weighted by Gasteiger charge is 2.26. The number of nitrogens with one attached hydrogen (secondary N) is 1. The molecule has 0 unspecified atom stereocenters. The molecule has 0 aromatic carbocycles. The summed E-state index contributed by atoms with van der Waals surface area (Å²) in [5, 5.41) is 2.55. The fourth-order valence-corrected chi connectivity index (χ4v) is 2.32. The number of hydrogen-bond acceptors (Lipinski definition) is 5. The molecule has 1 atom stereocenters. The van der Waals surface area contributed by atoms with Crippen LogP contribution in [0.25, 0.3) is 0 Å². The maximum absolute atomic E-state index is 11.8. The molecule has 0 heterocycles. The number of carbonyl (C=O) groups is 3. The van der Waals surface area contributed by atoms with E-state index >= 15 is 0 Å². The topological polar surface area (TPSA) is 81.7 Å². The van der Waals surface area contributed by atoms with Crippen molar-refractivity contribution < 1.29 is 23.9 Å². The molecule has 0 radical (unpaired) electrons. The fourth-order valence-electron chi connectivity index (χ4n) is 2.32. The number of hydrogen-bond donors (Lipinski definition) is 1. The molecule has 108 valence electrons. The minimum absolute atomic E-state index is 0.209. The van der Waals surface area contributed by atoms with Crippen LogP contribution in [0.1, 0.15) is 38.5 Å². The van der Waals surface area contributed by atoms with Gasteiger partial charge in [-0.05, 0) is 18.8 Å². The Bertz CT molecular complexity index is 336. The van der Waals surface area contributed by atoms with E-state index in [1.807, 2.05) is 0 Å². The molecule has 0 aromatic heterocycles. The van der Waals surface area contributed by atoms with Gasteiger partial charge in [-0.25, -0.2) is 4.79 Å². The molecule has 6 nitrogen and oxygen atoms in total. The first kappa shape index (κ1) is 15.5. The van der Waals surface area contributed by atoms with Gasteiger partial charge < -0.3 is 14.8 Å². The van der Waals surface area contributed by atoms with Crippen molar-refractivity contribution >= 4 is 17.8 Å². The minimum Gasteiger partial charge on any atom is -0.469 e. The molecule has 0 aromatic rings. The predicted molar refractivity (Wildman–Crippen MR) is 67.2 cm³/mol. The molecule has 1 amide bonds. The second-order valence-electron chi connectivity index (χ2n) is 4.78. The summed E-state index contributed by atoms with van der Waals surface area (Å²) in [7, 11) is 2.45. The van der Waals surface area contributed by atoms with Gasteiger partial charge in [-0.3, -0.25) is 9.59 Å². The highest BCUT2D eigenvalue weighted by atomic mass is 16.5. The highest BCUT2D eigenvalue weighted by Crippen LogP contribution is 2.27. The van der Waals surface area contributed by atoms with E-state index in [4.69, 9.17) is 0 Å². The largest absolute Gasteiger partial charge is 0.469 e. The van der Waals surface area contributed by atoms with Crippen LogP contribution in [0.3, 0.4) is 0 Å². The van der Waals surface area contributed by atoms with Gasteiger partial charge in [0, 0.05) is 6.42 Å². The van der Waals surface area contributed by atoms with Crippen LogP contribution in [0, 0.1) is 5.92 Å².